The van der Waals surface area contributed by atoms with Gasteiger partial charge in [0.1, 0.15) is 6.10 Å². The fourth-order valence-electron chi connectivity index (χ4n) is 0.958. The molecule has 52 valence electrons. The van der Waals surface area contributed by atoms with Crippen LogP contribution in [0.1, 0.15) is 27.2 Å². The number of ether oxygens (including phenoxy) is 1. The molecule has 1 rings (SSSR count). The van der Waals surface area contributed by atoms with Gasteiger partial charge in [-0.3, -0.25) is 0 Å². The summed E-state index contributed by atoms with van der Waals surface area (Å²) in [5.41, 5.74) is 0.173. The maximum atomic E-state index is 5.41. The van der Waals surface area contributed by atoms with Gasteiger partial charge in [-0.1, -0.05) is 19.1 Å². The average Bonchev–Trinajstić information content (AvgIpc) is 2.46. The highest BCUT2D eigenvalue weighted by atomic mass is 16.6. The highest BCUT2D eigenvalue weighted by Crippen LogP contribution is 2.39. The van der Waals surface area contributed by atoms with Gasteiger partial charge in [-0.05, 0) is 20.3 Å². The molecule has 9 heavy (non-hydrogen) atoms. The van der Waals surface area contributed by atoms with Gasteiger partial charge >= 0.3 is 0 Å². The third-order valence-corrected chi connectivity index (χ3v) is 2.01. The summed E-state index contributed by atoms with van der Waals surface area (Å²) in [4.78, 5) is 0. The lowest BCUT2D eigenvalue weighted by Gasteiger charge is -1.95. The van der Waals surface area contributed by atoms with Gasteiger partial charge in [0.2, 0.25) is 0 Å². The average molecular weight is 126 g/mol. The van der Waals surface area contributed by atoms with Gasteiger partial charge in [-0.25, -0.2) is 0 Å². The molecular formula is C8H14O. The third kappa shape index (κ3) is 1.16. The van der Waals surface area contributed by atoms with Crippen LogP contribution in [0.15, 0.2) is 12.2 Å². The second kappa shape index (κ2) is 2.14. The van der Waals surface area contributed by atoms with Crippen LogP contribution in [0, 0.1) is 0 Å². The molecule has 1 nitrogen and oxygen atoms in total. The zero-order valence-corrected chi connectivity index (χ0v) is 6.35. The summed E-state index contributed by atoms with van der Waals surface area (Å²) < 4.78 is 5.41. The van der Waals surface area contributed by atoms with E-state index in [1.54, 1.807) is 0 Å². The van der Waals surface area contributed by atoms with Crippen LogP contribution in [0.4, 0.5) is 0 Å². The molecule has 0 radical (unpaired) electrons. The van der Waals surface area contributed by atoms with Crippen molar-refractivity contribution in [1.29, 1.82) is 0 Å². The van der Waals surface area contributed by atoms with Crippen LogP contribution in [-0.2, 0) is 4.74 Å². The molecule has 0 aromatic rings. The minimum Gasteiger partial charge on any atom is -0.362 e. The van der Waals surface area contributed by atoms with E-state index in [0.717, 1.165) is 6.42 Å². The van der Waals surface area contributed by atoms with Crippen molar-refractivity contribution in [3.8, 4) is 0 Å². The summed E-state index contributed by atoms with van der Waals surface area (Å²) in [6, 6.07) is 0. The van der Waals surface area contributed by atoms with Gasteiger partial charge in [0, 0.05) is 0 Å². The largest absolute Gasteiger partial charge is 0.362 e. The van der Waals surface area contributed by atoms with Crippen molar-refractivity contribution in [2.24, 2.45) is 0 Å². The topological polar surface area (TPSA) is 12.5 Å². The monoisotopic (exact) mass is 126 g/mol. The summed E-state index contributed by atoms with van der Waals surface area (Å²) >= 11 is 0. The first-order valence-corrected chi connectivity index (χ1v) is 3.53. The Morgan fingerprint density at radius 3 is 2.67 bits per heavy atom. The van der Waals surface area contributed by atoms with E-state index < -0.39 is 0 Å². The SMILES string of the molecule is CC=CC1OC1(C)CC. The quantitative estimate of drug-likeness (QED) is 0.408. The van der Waals surface area contributed by atoms with Crippen molar-refractivity contribution in [3.63, 3.8) is 0 Å². The predicted octanol–water partition coefficient (Wildman–Crippen LogP) is 2.13. The van der Waals surface area contributed by atoms with Crippen molar-refractivity contribution in [1.82, 2.24) is 0 Å². The van der Waals surface area contributed by atoms with Gasteiger partial charge in [-0.15, -0.1) is 0 Å². The van der Waals surface area contributed by atoms with E-state index in [0.29, 0.717) is 6.10 Å². The Hall–Kier alpha value is -0.300. The Balaban J connectivity index is 2.38. The van der Waals surface area contributed by atoms with E-state index in [2.05, 4.69) is 19.9 Å². The van der Waals surface area contributed by atoms with Gasteiger partial charge in [0.15, 0.2) is 0 Å². The van der Waals surface area contributed by atoms with E-state index >= 15 is 0 Å². The molecule has 1 fully saturated rings. The molecule has 0 aromatic heterocycles. The summed E-state index contributed by atoms with van der Waals surface area (Å²) in [6.07, 6.45) is 5.67. The third-order valence-electron chi connectivity index (χ3n) is 2.01. The zero-order valence-electron chi connectivity index (χ0n) is 6.35. The number of epoxide rings is 1. The number of hydrogen-bond donors (Lipinski definition) is 0. The van der Waals surface area contributed by atoms with Crippen molar-refractivity contribution in [2.75, 3.05) is 0 Å². The van der Waals surface area contributed by atoms with Crippen LogP contribution in [0.5, 0.6) is 0 Å². The van der Waals surface area contributed by atoms with E-state index in [4.69, 9.17) is 4.74 Å². The van der Waals surface area contributed by atoms with E-state index in [1.807, 2.05) is 13.0 Å². The number of rotatable bonds is 2. The van der Waals surface area contributed by atoms with Gasteiger partial charge in [0.05, 0.1) is 5.60 Å². The maximum Gasteiger partial charge on any atom is 0.105 e. The first kappa shape index (κ1) is 6.81. The predicted molar refractivity (Wildman–Crippen MR) is 38.4 cm³/mol. The number of hydrogen-bond acceptors (Lipinski definition) is 1. The molecule has 0 amide bonds. The molecule has 1 heterocycles. The molecule has 0 bridgehead atoms. The second-order valence-corrected chi connectivity index (χ2v) is 2.73. The summed E-state index contributed by atoms with van der Waals surface area (Å²) in [7, 11) is 0. The zero-order chi connectivity index (χ0) is 6.91. The van der Waals surface area contributed by atoms with E-state index in [1.165, 1.54) is 0 Å². The van der Waals surface area contributed by atoms with Crippen molar-refractivity contribution < 1.29 is 4.74 Å². The van der Waals surface area contributed by atoms with Crippen LogP contribution in [-0.4, -0.2) is 11.7 Å². The van der Waals surface area contributed by atoms with Gasteiger partial charge in [-0.2, -0.15) is 0 Å². The molecule has 2 atom stereocenters. The fraction of sp³-hybridized carbons (Fsp3) is 0.750. The molecule has 0 N–H and O–H groups in total. The molecular weight excluding hydrogens is 112 g/mol. The van der Waals surface area contributed by atoms with Crippen molar-refractivity contribution in [3.05, 3.63) is 12.2 Å². The molecule has 0 aromatic carbocycles. The second-order valence-electron chi connectivity index (χ2n) is 2.73. The van der Waals surface area contributed by atoms with E-state index in [-0.39, 0.29) is 5.60 Å². The number of allylic oxidation sites excluding steroid dienone is 1. The minimum absolute atomic E-state index is 0.173. The molecule has 1 heteroatoms. The summed E-state index contributed by atoms with van der Waals surface area (Å²) in [5.74, 6) is 0. The first-order chi connectivity index (χ1) is 4.23. The van der Waals surface area contributed by atoms with Crippen molar-refractivity contribution >= 4 is 0 Å². The fourth-order valence-corrected chi connectivity index (χ4v) is 0.958. The Morgan fingerprint density at radius 2 is 2.33 bits per heavy atom. The Kier molecular flexibility index (Phi) is 1.62. The first-order valence-electron chi connectivity index (χ1n) is 3.53. The van der Waals surface area contributed by atoms with Crippen LogP contribution in [0.2, 0.25) is 0 Å². The standard InChI is InChI=1S/C8H14O/c1-4-6-7-8(3,5-2)9-7/h4,6-7H,5H2,1-3H3. The maximum absolute atomic E-state index is 5.41. The lowest BCUT2D eigenvalue weighted by molar-refractivity contribution is 0.309. The van der Waals surface area contributed by atoms with Gasteiger partial charge < -0.3 is 4.74 Å². The molecule has 0 aliphatic carbocycles. The van der Waals surface area contributed by atoms with Crippen LogP contribution in [0.3, 0.4) is 0 Å². The Morgan fingerprint density at radius 1 is 1.67 bits per heavy atom. The summed E-state index contributed by atoms with van der Waals surface area (Å²) in [6.45, 7) is 6.33. The smallest absolute Gasteiger partial charge is 0.105 e. The Labute approximate surface area is 56.7 Å². The van der Waals surface area contributed by atoms with E-state index in [9.17, 15) is 0 Å². The van der Waals surface area contributed by atoms with Crippen LogP contribution >= 0.6 is 0 Å². The van der Waals surface area contributed by atoms with Crippen molar-refractivity contribution in [2.45, 2.75) is 38.9 Å². The molecule has 2 unspecified atom stereocenters. The molecule has 0 saturated carbocycles. The molecule has 1 saturated heterocycles. The molecule has 1 aliphatic heterocycles. The highest BCUT2D eigenvalue weighted by molar-refractivity contribution is 5.09. The summed E-state index contributed by atoms with van der Waals surface area (Å²) in [5, 5.41) is 0. The van der Waals surface area contributed by atoms with Gasteiger partial charge in [0.25, 0.3) is 0 Å². The Bertz CT molecular complexity index is 129. The minimum atomic E-state index is 0.173. The molecule has 1 aliphatic rings. The molecule has 0 spiro atoms. The lowest BCUT2D eigenvalue weighted by Crippen LogP contribution is -2.04. The van der Waals surface area contributed by atoms with Crippen LogP contribution in [0.25, 0.3) is 0 Å². The lowest BCUT2D eigenvalue weighted by atomic mass is 10.1. The normalized spacial score (nSPS) is 41.9. The highest BCUT2D eigenvalue weighted by Gasteiger charge is 2.48. The van der Waals surface area contributed by atoms with Crippen LogP contribution < -0.4 is 0 Å².